The number of ether oxygens (including phenoxy) is 1. The van der Waals surface area contributed by atoms with Crippen LogP contribution in [0.25, 0.3) is 0 Å². The maximum absolute atomic E-state index is 12.2. The number of carbonyl (C=O) groups is 1. The van der Waals surface area contributed by atoms with Crippen molar-refractivity contribution >= 4 is 11.7 Å². The summed E-state index contributed by atoms with van der Waals surface area (Å²) in [5.41, 5.74) is 4.68. The molecule has 4 rings (SSSR count). The molecule has 0 saturated heterocycles. The summed E-state index contributed by atoms with van der Waals surface area (Å²) in [7, 11) is 4.10. The van der Waals surface area contributed by atoms with Gasteiger partial charge in [0.05, 0.1) is 6.61 Å². The molecule has 1 aromatic carbocycles. The fourth-order valence-corrected chi connectivity index (χ4v) is 3.83. The second-order valence-electron chi connectivity index (χ2n) is 7.52. The van der Waals surface area contributed by atoms with Crippen LogP contribution in [0.5, 0.6) is 5.75 Å². The van der Waals surface area contributed by atoms with Crippen molar-refractivity contribution in [1.29, 1.82) is 0 Å². The van der Waals surface area contributed by atoms with E-state index in [1.54, 1.807) is 0 Å². The Bertz CT molecular complexity index is 823. The van der Waals surface area contributed by atoms with Crippen molar-refractivity contribution in [2.45, 2.75) is 44.6 Å². The van der Waals surface area contributed by atoms with Gasteiger partial charge in [-0.15, -0.1) is 0 Å². The fourth-order valence-electron chi connectivity index (χ4n) is 3.83. The molecule has 2 N–H and O–H groups in total. The summed E-state index contributed by atoms with van der Waals surface area (Å²) in [5.74, 6) is 2.26. The molecule has 0 radical (unpaired) electrons. The number of carbonyl (C=O) groups excluding carboxylic acids is 1. The van der Waals surface area contributed by atoms with Crippen molar-refractivity contribution in [3.05, 3.63) is 40.6 Å². The molecule has 26 heavy (non-hydrogen) atoms. The van der Waals surface area contributed by atoms with Crippen LogP contribution < -0.4 is 10.1 Å². The third-order valence-electron chi connectivity index (χ3n) is 5.09. The second-order valence-corrected chi connectivity index (χ2v) is 7.52. The lowest BCUT2D eigenvalue weighted by Gasteiger charge is -2.25. The van der Waals surface area contributed by atoms with Crippen LogP contribution in [0.4, 0.5) is 5.82 Å². The van der Waals surface area contributed by atoms with E-state index in [4.69, 9.17) is 4.74 Å². The maximum atomic E-state index is 12.2. The number of nitrogens with one attached hydrogen (secondary N) is 2. The summed E-state index contributed by atoms with van der Waals surface area (Å²) in [6, 6.07) is 6.34. The van der Waals surface area contributed by atoms with E-state index in [0.29, 0.717) is 24.8 Å². The zero-order valence-corrected chi connectivity index (χ0v) is 15.6. The van der Waals surface area contributed by atoms with Crippen LogP contribution in [-0.4, -0.2) is 41.7 Å². The van der Waals surface area contributed by atoms with Gasteiger partial charge in [0.15, 0.2) is 5.82 Å². The molecule has 2 aliphatic rings. The lowest BCUT2D eigenvalue weighted by atomic mass is 9.84. The second kappa shape index (κ2) is 6.76. The number of H-pyrrole nitrogens is 1. The molecule has 6 nitrogen and oxygen atoms in total. The smallest absolute Gasteiger partial charge is 0.226 e. The number of benzene rings is 1. The number of fused-ring (bicyclic) bond motifs is 1. The number of aromatic amines is 1. The van der Waals surface area contributed by atoms with Crippen molar-refractivity contribution in [3.8, 4) is 5.75 Å². The highest BCUT2D eigenvalue weighted by molar-refractivity contribution is 5.94. The minimum absolute atomic E-state index is 0.0272. The Morgan fingerprint density at radius 1 is 1.31 bits per heavy atom. The van der Waals surface area contributed by atoms with E-state index in [2.05, 4.69) is 46.6 Å². The molecule has 1 unspecified atom stereocenters. The van der Waals surface area contributed by atoms with Gasteiger partial charge >= 0.3 is 0 Å². The van der Waals surface area contributed by atoms with E-state index in [1.807, 2.05) is 13.0 Å². The Balaban J connectivity index is 1.75. The van der Waals surface area contributed by atoms with Gasteiger partial charge in [0.25, 0.3) is 0 Å². The number of rotatable bonds is 6. The average Bonchev–Trinajstić information content (AvgIpc) is 3.35. The summed E-state index contributed by atoms with van der Waals surface area (Å²) in [6.07, 6.45) is 2.86. The van der Waals surface area contributed by atoms with Gasteiger partial charge in [0.1, 0.15) is 5.75 Å². The highest BCUT2D eigenvalue weighted by atomic mass is 16.5. The Hall–Kier alpha value is -2.34. The zero-order valence-electron chi connectivity index (χ0n) is 15.6. The number of amides is 1. The molecule has 0 spiro atoms. The molecule has 1 atom stereocenters. The van der Waals surface area contributed by atoms with Gasteiger partial charge in [-0.3, -0.25) is 9.89 Å². The highest BCUT2D eigenvalue weighted by Gasteiger charge is 2.37. The van der Waals surface area contributed by atoms with Crippen molar-refractivity contribution in [2.75, 3.05) is 26.0 Å². The molecule has 1 saturated carbocycles. The van der Waals surface area contributed by atoms with E-state index in [9.17, 15) is 4.79 Å². The lowest BCUT2D eigenvalue weighted by molar-refractivity contribution is -0.116. The summed E-state index contributed by atoms with van der Waals surface area (Å²) in [4.78, 5) is 14.4. The first-order chi connectivity index (χ1) is 12.6. The molecule has 138 valence electrons. The van der Waals surface area contributed by atoms with E-state index < -0.39 is 0 Å². The normalized spacial score (nSPS) is 19.4. The van der Waals surface area contributed by atoms with Crippen LogP contribution in [0.15, 0.2) is 18.2 Å². The van der Waals surface area contributed by atoms with Crippen molar-refractivity contribution in [3.63, 3.8) is 0 Å². The lowest BCUT2D eigenvalue weighted by Crippen LogP contribution is -2.24. The molecule has 1 aliphatic carbocycles. The third kappa shape index (κ3) is 3.21. The highest BCUT2D eigenvalue weighted by Crippen LogP contribution is 2.47. The monoisotopic (exact) mass is 354 g/mol. The first-order valence-electron chi connectivity index (χ1n) is 9.35. The molecule has 2 heterocycles. The van der Waals surface area contributed by atoms with Crippen molar-refractivity contribution in [1.82, 2.24) is 15.1 Å². The molecule has 0 bridgehead atoms. The molecular weight excluding hydrogens is 328 g/mol. The average molecular weight is 354 g/mol. The summed E-state index contributed by atoms with van der Waals surface area (Å²) < 4.78 is 5.80. The standard InChI is InChI=1S/C20H26N4O2/c1-4-26-16-8-7-13(9-14(16)11-24(2)3)15-10-17(25)21-20-18(15)19(22-23-20)12-5-6-12/h7-9,12,15H,4-6,10-11H2,1-3H3,(H2,21,22,23,25). The number of hydrogen-bond donors (Lipinski definition) is 2. The molecule has 2 aromatic rings. The van der Waals surface area contributed by atoms with E-state index in [0.717, 1.165) is 23.4 Å². The summed E-state index contributed by atoms with van der Waals surface area (Å²) >= 11 is 0. The van der Waals surface area contributed by atoms with Crippen LogP contribution in [0.2, 0.25) is 0 Å². The number of nitrogens with zero attached hydrogens (tertiary/aromatic N) is 2. The maximum Gasteiger partial charge on any atom is 0.226 e. The number of hydrogen-bond acceptors (Lipinski definition) is 4. The Morgan fingerprint density at radius 2 is 2.12 bits per heavy atom. The van der Waals surface area contributed by atoms with Gasteiger partial charge in [0.2, 0.25) is 5.91 Å². The molecule has 6 heteroatoms. The molecule has 1 aromatic heterocycles. The zero-order chi connectivity index (χ0) is 18.3. The predicted molar refractivity (Wildman–Crippen MR) is 101 cm³/mol. The summed E-state index contributed by atoms with van der Waals surface area (Å²) in [6.45, 7) is 3.44. The minimum atomic E-state index is 0.0272. The van der Waals surface area contributed by atoms with E-state index in [-0.39, 0.29) is 11.8 Å². The minimum Gasteiger partial charge on any atom is -0.494 e. The first kappa shape index (κ1) is 17.1. The largest absolute Gasteiger partial charge is 0.494 e. The fraction of sp³-hybridized carbons (Fsp3) is 0.500. The summed E-state index contributed by atoms with van der Waals surface area (Å²) in [5, 5.41) is 10.5. The Kier molecular flexibility index (Phi) is 4.44. The predicted octanol–water partition coefficient (Wildman–Crippen LogP) is 3.22. The number of aromatic nitrogens is 2. The Labute approximate surface area is 153 Å². The van der Waals surface area contributed by atoms with Gasteiger partial charge in [-0.05, 0) is 45.5 Å². The van der Waals surface area contributed by atoms with Crippen molar-refractivity contribution in [2.24, 2.45) is 0 Å². The van der Waals surface area contributed by atoms with Crippen LogP contribution in [0.1, 0.15) is 60.4 Å². The van der Waals surface area contributed by atoms with Gasteiger partial charge < -0.3 is 15.0 Å². The molecular formula is C20H26N4O2. The Morgan fingerprint density at radius 3 is 2.81 bits per heavy atom. The van der Waals surface area contributed by atoms with E-state index >= 15 is 0 Å². The van der Waals surface area contributed by atoms with Crippen LogP contribution in [0.3, 0.4) is 0 Å². The number of anilines is 1. The quantitative estimate of drug-likeness (QED) is 0.836. The van der Waals surface area contributed by atoms with Gasteiger partial charge in [-0.25, -0.2) is 0 Å². The van der Waals surface area contributed by atoms with Crippen molar-refractivity contribution < 1.29 is 9.53 Å². The molecule has 1 amide bonds. The molecule has 1 fully saturated rings. The van der Waals surface area contributed by atoms with Gasteiger partial charge in [0, 0.05) is 41.6 Å². The first-order valence-corrected chi connectivity index (χ1v) is 9.35. The van der Waals surface area contributed by atoms with Gasteiger partial charge in [-0.2, -0.15) is 5.10 Å². The van der Waals surface area contributed by atoms with E-state index in [1.165, 1.54) is 24.1 Å². The topological polar surface area (TPSA) is 70.2 Å². The third-order valence-corrected chi connectivity index (χ3v) is 5.09. The van der Waals surface area contributed by atoms with Crippen LogP contribution in [0, 0.1) is 0 Å². The van der Waals surface area contributed by atoms with Gasteiger partial charge in [-0.1, -0.05) is 12.1 Å². The van der Waals surface area contributed by atoms with Crippen LogP contribution >= 0.6 is 0 Å². The molecule has 1 aliphatic heterocycles. The SMILES string of the molecule is CCOc1ccc(C2CC(=O)Nc3n[nH]c(C4CC4)c32)cc1CN(C)C. The van der Waals surface area contributed by atoms with Crippen LogP contribution in [-0.2, 0) is 11.3 Å².